The van der Waals surface area contributed by atoms with Crippen molar-refractivity contribution in [3.05, 3.63) is 0 Å². The molecule has 1 atom stereocenters. The van der Waals surface area contributed by atoms with Crippen LogP contribution in [0.1, 0.15) is 52.4 Å². The van der Waals surface area contributed by atoms with Gasteiger partial charge in [-0.3, -0.25) is 0 Å². The first kappa shape index (κ1) is 13.5. The van der Waals surface area contributed by atoms with Gasteiger partial charge in [-0.15, -0.1) is 12.3 Å². The van der Waals surface area contributed by atoms with Crippen molar-refractivity contribution in [1.82, 2.24) is 0 Å². The van der Waals surface area contributed by atoms with Crippen molar-refractivity contribution in [1.29, 1.82) is 0 Å². The smallest absolute Gasteiger partial charge is 0.0937 e. The van der Waals surface area contributed by atoms with E-state index in [4.69, 9.17) is 11.2 Å². The number of hydrogen-bond donors (Lipinski definition) is 1. The summed E-state index contributed by atoms with van der Waals surface area (Å²) >= 11 is 0. The average Bonchev–Trinajstić information content (AvgIpc) is 2.27. The Kier molecular flexibility index (Phi) is 4.41. The Balaban J connectivity index is 2.62. The van der Waals surface area contributed by atoms with Crippen molar-refractivity contribution in [2.24, 2.45) is 5.41 Å². The van der Waals surface area contributed by atoms with Crippen molar-refractivity contribution >= 4 is 0 Å². The minimum atomic E-state index is -0.426. The molecule has 0 saturated heterocycles. The average molecular weight is 224 g/mol. The highest BCUT2D eigenvalue weighted by molar-refractivity contribution is 4.97. The highest BCUT2D eigenvalue weighted by Gasteiger charge is 2.43. The molecule has 16 heavy (non-hydrogen) atoms. The molecule has 0 radical (unpaired) electrons. The second kappa shape index (κ2) is 5.21. The summed E-state index contributed by atoms with van der Waals surface area (Å²) in [6.45, 7) is 4.56. The van der Waals surface area contributed by atoms with Crippen LogP contribution in [0.5, 0.6) is 0 Å². The molecule has 1 aliphatic carbocycles. The van der Waals surface area contributed by atoms with Crippen LogP contribution >= 0.6 is 0 Å². The summed E-state index contributed by atoms with van der Waals surface area (Å²) in [4.78, 5) is 0. The molecule has 1 N–H and O–H groups in total. The van der Waals surface area contributed by atoms with Crippen molar-refractivity contribution < 1.29 is 9.84 Å². The first-order valence-corrected chi connectivity index (χ1v) is 6.12. The Morgan fingerprint density at radius 1 is 1.31 bits per heavy atom. The van der Waals surface area contributed by atoms with Gasteiger partial charge in [0, 0.05) is 13.5 Å². The summed E-state index contributed by atoms with van der Waals surface area (Å²) in [6, 6.07) is 0. The Labute approximate surface area is 99.4 Å². The minimum Gasteiger partial charge on any atom is -0.390 e. The molecule has 0 bridgehead atoms. The van der Waals surface area contributed by atoms with E-state index in [9.17, 15) is 5.11 Å². The monoisotopic (exact) mass is 224 g/mol. The molecule has 1 unspecified atom stereocenters. The third-order valence-corrected chi connectivity index (χ3v) is 4.03. The van der Waals surface area contributed by atoms with Gasteiger partial charge in [-0.1, -0.05) is 13.8 Å². The first-order valence-electron chi connectivity index (χ1n) is 6.12. The molecule has 1 rings (SSSR count). The summed E-state index contributed by atoms with van der Waals surface area (Å²) in [5.74, 6) is 2.58. The molecule has 2 nitrogen and oxygen atoms in total. The van der Waals surface area contributed by atoms with Gasteiger partial charge in [0.1, 0.15) is 0 Å². The van der Waals surface area contributed by atoms with E-state index >= 15 is 0 Å². The van der Waals surface area contributed by atoms with Gasteiger partial charge in [0.05, 0.1) is 11.7 Å². The van der Waals surface area contributed by atoms with E-state index in [-0.39, 0.29) is 5.60 Å². The number of hydrogen-bond acceptors (Lipinski definition) is 2. The van der Waals surface area contributed by atoms with Crippen LogP contribution in [-0.2, 0) is 4.74 Å². The largest absolute Gasteiger partial charge is 0.390 e. The molecule has 0 spiro atoms. The SMILES string of the molecule is C#CCCC(O)C1(OC)CCC(C)(C)CC1. The van der Waals surface area contributed by atoms with Crippen molar-refractivity contribution in [3.8, 4) is 12.3 Å². The van der Waals surface area contributed by atoms with Gasteiger partial charge in [0.25, 0.3) is 0 Å². The van der Waals surface area contributed by atoms with E-state index in [1.54, 1.807) is 7.11 Å². The molecule has 0 amide bonds. The number of aliphatic hydroxyl groups excluding tert-OH is 1. The third kappa shape index (κ3) is 2.99. The fraction of sp³-hybridized carbons (Fsp3) is 0.857. The predicted molar refractivity (Wildman–Crippen MR) is 66.1 cm³/mol. The molecule has 0 aromatic heterocycles. The first-order chi connectivity index (χ1) is 7.46. The van der Waals surface area contributed by atoms with Gasteiger partial charge in [-0.25, -0.2) is 0 Å². The molecule has 1 fully saturated rings. The van der Waals surface area contributed by atoms with Gasteiger partial charge in [0.15, 0.2) is 0 Å². The summed E-state index contributed by atoms with van der Waals surface area (Å²) in [7, 11) is 1.71. The van der Waals surface area contributed by atoms with Crippen LogP contribution in [0.25, 0.3) is 0 Å². The van der Waals surface area contributed by atoms with Crippen LogP contribution in [0.4, 0.5) is 0 Å². The highest BCUT2D eigenvalue weighted by Crippen LogP contribution is 2.44. The van der Waals surface area contributed by atoms with Gasteiger partial charge < -0.3 is 9.84 Å². The molecule has 0 aromatic rings. The summed E-state index contributed by atoms with van der Waals surface area (Å²) in [6.07, 6.45) is 10.1. The third-order valence-electron chi connectivity index (χ3n) is 4.03. The summed E-state index contributed by atoms with van der Waals surface area (Å²) in [5.41, 5.74) is 0.0280. The number of terminal acetylenes is 1. The minimum absolute atomic E-state index is 0.355. The molecule has 1 saturated carbocycles. The molecule has 0 aliphatic heterocycles. The van der Waals surface area contributed by atoms with Crippen LogP contribution < -0.4 is 0 Å². The van der Waals surface area contributed by atoms with Crippen molar-refractivity contribution in [2.75, 3.05) is 7.11 Å². The zero-order valence-electron chi connectivity index (χ0n) is 10.8. The predicted octanol–water partition coefficient (Wildman–Crippen LogP) is 2.75. The van der Waals surface area contributed by atoms with Crippen LogP contribution in [-0.4, -0.2) is 23.9 Å². The molecule has 2 heteroatoms. The van der Waals surface area contributed by atoms with Crippen LogP contribution in [0.15, 0.2) is 0 Å². The maximum Gasteiger partial charge on any atom is 0.0937 e. The lowest BCUT2D eigenvalue weighted by Crippen LogP contribution is -2.48. The fourth-order valence-electron chi connectivity index (χ4n) is 2.51. The molecule has 0 heterocycles. The molecule has 1 aliphatic rings. The second-order valence-electron chi connectivity index (χ2n) is 5.69. The quantitative estimate of drug-likeness (QED) is 0.744. The number of ether oxygens (including phenoxy) is 1. The van der Waals surface area contributed by atoms with Crippen molar-refractivity contribution in [2.45, 2.75) is 64.1 Å². The Bertz CT molecular complexity index is 252. The van der Waals surface area contributed by atoms with Gasteiger partial charge in [-0.2, -0.15) is 0 Å². The lowest BCUT2D eigenvalue weighted by atomic mass is 9.68. The second-order valence-corrected chi connectivity index (χ2v) is 5.69. The van der Waals surface area contributed by atoms with Crippen molar-refractivity contribution in [3.63, 3.8) is 0 Å². The molecular formula is C14H24O2. The normalized spacial score (nSPS) is 24.7. The molecule has 92 valence electrons. The zero-order chi connectivity index (χ0) is 12.2. The Morgan fingerprint density at radius 3 is 2.31 bits per heavy atom. The molecule has 0 aromatic carbocycles. The van der Waals surface area contributed by atoms with Crippen LogP contribution in [0, 0.1) is 17.8 Å². The van der Waals surface area contributed by atoms with E-state index in [2.05, 4.69) is 19.8 Å². The number of aliphatic hydroxyl groups is 1. The zero-order valence-corrected chi connectivity index (χ0v) is 10.8. The van der Waals surface area contributed by atoms with E-state index < -0.39 is 6.10 Å². The maximum atomic E-state index is 10.2. The topological polar surface area (TPSA) is 29.5 Å². The van der Waals surface area contributed by atoms with E-state index in [0.717, 1.165) is 25.7 Å². The lowest BCUT2D eigenvalue weighted by molar-refractivity contribution is -0.137. The van der Waals surface area contributed by atoms with E-state index in [1.807, 2.05) is 0 Å². The highest BCUT2D eigenvalue weighted by atomic mass is 16.5. The Hall–Kier alpha value is -0.520. The van der Waals surface area contributed by atoms with Gasteiger partial charge in [-0.05, 0) is 37.5 Å². The standard InChI is InChI=1S/C14H24O2/c1-5-6-7-12(15)14(16-4)10-8-13(2,3)9-11-14/h1,12,15H,6-11H2,2-4H3. The van der Waals surface area contributed by atoms with Gasteiger partial charge >= 0.3 is 0 Å². The van der Waals surface area contributed by atoms with Gasteiger partial charge in [0.2, 0.25) is 0 Å². The summed E-state index contributed by atoms with van der Waals surface area (Å²) in [5, 5.41) is 10.2. The van der Waals surface area contributed by atoms with E-state index in [1.165, 1.54) is 0 Å². The van der Waals surface area contributed by atoms with E-state index in [0.29, 0.717) is 18.3 Å². The summed E-state index contributed by atoms with van der Waals surface area (Å²) < 4.78 is 5.61. The van der Waals surface area contributed by atoms with Crippen LogP contribution in [0.2, 0.25) is 0 Å². The number of methoxy groups -OCH3 is 1. The number of rotatable bonds is 4. The lowest BCUT2D eigenvalue weighted by Gasteiger charge is -2.45. The molecular weight excluding hydrogens is 200 g/mol. The fourth-order valence-corrected chi connectivity index (χ4v) is 2.51. The van der Waals surface area contributed by atoms with Crippen LogP contribution in [0.3, 0.4) is 0 Å². The Morgan fingerprint density at radius 2 is 1.88 bits per heavy atom. The maximum absolute atomic E-state index is 10.2.